The molecule has 1 aromatic carbocycles. The van der Waals surface area contributed by atoms with Crippen LogP contribution in [0, 0.1) is 0 Å². The van der Waals surface area contributed by atoms with Crippen molar-refractivity contribution in [3.05, 3.63) is 28.2 Å². The molecule has 1 aliphatic rings. The average Bonchev–Trinajstić information content (AvgIpc) is 2.39. The van der Waals surface area contributed by atoms with Gasteiger partial charge in [0.15, 0.2) is 0 Å². The fourth-order valence-electron chi connectivity index (χ4n) is 1.98. The van der Waals surface area contributed by atoms with E-state index in [1.54, 1.807) is 7.11 Å². The predicted octanol–water partition coefficient (Wildman–Crippen LogP) is 1.45. The summed E-state index contributed by atoms with van der Waals surface area (Å²) in [5.74, 6) is 0.801. The van der Waals surface area contributed by atoms with Crippen LogP contribution < -0.4 is 15.8 Å². The summed E-state index contributed by atoms with van der Waals surface area (Å²) in [5.41, 5.74) is 7.22. The highest BCUT2D eigenvalue weighted by Gasteiger charge is 2.25. The van der Waals surface area contributed by atoms with Crippen molar-refractivity contribution in [2.24, 2.45) is 5.73 Å². The number of halogens is 1. The fraction of sp³-hybridized carbons (Fsp3) is 0.500. The zero-order valence-electron chi connectivity index (χ0n) is 9.78. The van der Waals surface area contributed by atoms with Gasteiger partial charge in [-0.05, 0) is 18.2 Å². The van der Waals surface area contributed by atoms with E-state index >= 15 is 0 Å². The van der Waals surface area contributed by atoms with Gasteiger partial charge in [-0.15, -0.1) is 0 Å². The molecule has 1 saturated heterocycles. The monoisotopic (exact) mass is 300 g/mol. The van der Waals surface area contributed by atoms with E-state index in [-0.39, 0.29) is 12.1 Å². The summed E-state index contributed by atoms with van der Waals surface area (Å²) in [4.78, 5) is 0. The molecule has 0 radical (unpaired) electrons. The van der Waals surface area contributed by atoms with Gasteiger partial charge in [0, 0.05) is 23.1 Å². The van der Waals surface area contributed by atoms with Gasteiger partial charge in [0.1, 0.15) is 5.75 Å². The lowest BCUT2D eigenvalue weighted by Crippen LogP contribution is -2.44. The SMILES string of the molecule is COc1ccc(Br)cc1C(N)C1CNCCO1. The number of rotatable bonds is 3. The Bertz CT molecular complexity index is 381. The van der Waals surface area contributed by atoms with Crippen LogP contribution in [0.25, 0.3) is 0 Å². The molecule has 0 spiro atoms. The summed E-state index contributed by atoms with van der Waals surface area (Å²) in [7, 11) is 1.65. The van der Waals surface area contributed by atoms with E-state index in [9.17, 15) is 0 Å². The molecule has 4 nitrogen and oxygen atoms in total. The standard InChI is InChI=1S/C12H17BrN2O2/c1-16-10-3-2-8(13)6-9(10)12(14)11-7-15-4-5-17-11/h2-3,6,11-12,15H,4-5,7,14H2,1H3. The molecule has 0 amide bonds. The van der Waals surface area contributed by atoms with Crippen molar-refractivity contribution in [2.45, 2.75) is 12.1 Å². The molecule has 5 heteroatoms. The van der Waals surface area contributed by atoms with E-state index < -0.39 is 0 Å². The molecule has 1 fully saturated rings. The molecular formula is C12H17BrN2O2. The number of benzene rings is 1. The van der Waals surface area contributed by atoms with Crippen LogP contribution in [0.3, 0.4) is 0 Å². The minimum atomic E-state index is -0.185. The molecule has 17 heavy (non-hydrogen) atoms. The second-order valence-corrected chi connectivity index (χ2v) is 4.94. The van der Waals surface area contributed by atoms with E-state index in [4.69, 9.17) is 15.2 Å². The molecule has 1 aromatic rings. The number of nitrogens with one attached hydrogen (secondary N) is 1. The smallest absolute Gasteiger partial charge is 0.123 e. The van der Waals surface area contributed by atoms with Gasteiger partial charge in [0.05, 0.1) is 25.9 Å². The van der Waals surface area contributed by atoms with Crippen molar-refractivity contribution in [2.75, 3.05) is 26.8 Å². The first kappa shape index (κ1) is 12.8. The summed E-state index contributed by atoms with van der Waals surface area (Å²) >= 11 is 3.45. The van der Waals surface area contributed by atoms with Crippen LogP contribution in [0.2, 0.25) is 0 Å². The highest BCUT2D eigenvalue weighted by molar-refractivity contribution is 9.10. The number of morpholine rings is 1. The predicted molar refractivity (Wildman–Crippen MR) is 70.2 cm³/mol. The van der Waals surface area contributed by atoms with Gasteiger partial charge < -0.3 is 20.5 Å². The quantitative estimate of drug-likeness (QED) is 0.887. The lowest BCUT2D eigenvalue weighted by Gasteiger charge is -2.29. The maximum atomic E-state index is 6.25. The molecule has 0 aromatic heterocycles. The van der Waals surface area contributed by atoms with Gasteiger partial charge in [-0.1, -0.05) is 15.9 Å². The third-order valence-corrected chi connectivity index (χ3v) is 3.40. The van der Waals surface area contributed by atoms with Gasteiger partial charge >= 0.3 is 0 Å². The number of nitrogens with two attached hydrogens (primary N) is 1. The number of methoxy groups -OCH3 is 1. The van der Waals surface area contributed by atoms with Crippen molar-refractivity contribution in [1.82, 2.24) is 5.32 Å². The van der Waals surface area contributed by atoms with Crippen molar-refractivity contribution >= 4 is 15.9 Å². The molecular weight excluding hydrogens is 284 g/mol. The van der Waals surface area contributed by atoms with E-state index in [1.807, 2.05) is 18.2 Å². The number of ether oxygens (including phenoxy) is 2. The Morgan fingerprint density at radius 1 is 1.59 bits per heavy atom. The van der Waals surface area contributed by atoms with Crippen molar-refractivity contribution in [3.8, 4) is 5.75 Å². The number of hydrogen-bond acceptors (Lipinski definition) is 4. The number of hydrogen-bond donors (Lipinski definition) is 2. The molecule has 2 rings (SSSR count). The fourth-order valence-corrected chi connectivity index (χ4v) is 2.36. The summed E-state index contributed by atoms with van der Waals surface area (Å²) in [6.45, 7) is 2.37. The topological polar surface area (TPSA) is 56.5 Å². The lowest BCUT2D eigenvalue weighted by molar-refractivity contribution is 0.0118. The minimum Gasteiger partial charge on any atom is -0.496 e. The molecule has 94 valence electrons. The normalized spacial score (nSPS) is 22.2. The maximum absolute atomic E-state index is 6.25. The molecule has 1 aliphatic heterocycles. The van der Waals surface area contributed by atoms with E-state index in [0.717, 1.165) is 28.9 Å². The highest BCUT2D eigenvalue weighted by atomic mass is 79.9. The molecule has 2 atom stereocenters. The Kier molecular flexibility index (Phi) is 4.39. The Hall–Kier alpha value is -0.620. The Balaban J connectivity index is 2.21. The first-order chi connectivity index (χ1) is 8.22. The summed E-state index contributed by atoms with van der Waals surface area (Å²) in [5, 5.41) is 3.28. The van der Waals surface area contributed by atoms with Gasteiger partial charge in [-0.2, -0.15) is 0 Å². The molecule has 3 N–H and O–H groups in total. The molecule has 0 saturated carbocycles. The minimum absolute atomic E-state index is 0.00745. The van der Waals surface area contributed by atoms with E-state index in [1.165, 1.54) is 0 Å². The van der Waals surface area contributed by atoms with Crippen LogP contribution in [0.5, 0.6) is 5.75 Å². The van der Waals surface area contributed by atoms with Crippen molar-refractivity contribution in [3.63, 3.8) is 0 Å². The summed E-state index contributed by atoms with van der Waals surface area (Å²) < 4.78 is 12.0. The van der Waals surface area contributed by atoms with E-state index in [2.05, 4.69) is 21.2 Å². The highest BCUT2D eigenvalue weighted by Crippen LogP contribution is 2.30. The third kappa shape index (κ3) is 2.98. The van der Waals surface area contributed by atoms with Gasteiger partial charge in [0.25, 0.3) is 0 Å². The first-order valence-corrected chi connectivity index (χ1v) is 6.43. The Morgan fingerprint density at radius 3 is 3.06 bits per heavy atom. The zero-order valence-corrected chi connectivity index (χ0v) is 11.4. The van der Waals surface area contributed by atoms with Crippen molar-refractivity contribution in [1.29, 1.82) is 0 Å². The van der Waals surface area contributed by atoms with E-state index in [0.29, 0.717) is 6.61 Å². The Morgan fingerprint density at radius 2 is 2.41 bits per heavy atom. The molecule has 2 unspecified atom stereocenters. The van der Waals surface area contributed by atoms with Crippen LogP contribution in [-0.4, -0.2) is 32.9 Å². The van der Waals surface area contributed by atoms with Gasteiger partial charge in [-0.25, -0.2) is 0 Å². The van der Waals surface area contributed by atoms with Crippen LogP contribution in [0.4, 0.5) is 0 Å². The zero-order chi connectivity index (χ0) is 12.3. The van der Waals surface area contributed by atoms with Crippen LogP contribution >= 0.6 is 15.9 Å². The maximum Gasteiger partial charge on any atom is 0.123 e. The second-order valence-electron chi connectivity index (χ2n) is 4.03. The largest absolute Gasteiger partial charge is 0.496 e. The first-order valence-electron chi connectivity index (χ1n) is 5.63. The van der Waals surface area contributed by atoms with Gasteiger partial charge in [0.2, 0.25) is 0 Å². The van der Waals surface area contributed by atoms with Gasteiger partial charge in [-0.3, -0.25) is 0 Å². The molecule has 0 aliphatic carbocycles. The van der Waals surface area contributed by atoms with Crippen LogP contribution in [0.1, 0.15) is 11.6 Å². The van der Waals surface area contributed by atoms with Crippen LogP contribution in [-0.2, 0) is 4.74 Å². The molecule has 0 bridgehead atoms. The van der Waals surface area contributed by atoms with Crippen molar-refractivity contribution < 1.29 is 9.47 Å². The third-order valence-electron chi connectivity index (χ3n) is 2.91. The summed E-state index contributed by atoms with van der Waals surface area (Å²) in [6.07, 6.45) is -0.00745. The Labute approximate surface area is 110 Å². The lowest BCUT2D eigenvalue weighted by atomic mass is 10.0. The summed E-state index contributed by atoms with van der Waals surface area (Å²) in [6, 6.07) is 5.65. The molecule has 1 heterocycles. The average molecular weight is 301 g/mol. The van der Waals surface area contributed by atoms with Crippen LogP contribution in [0.15, 0.2) is 22.7 Å². The second kappa shape index (κ2) is 5.82.